The van der Waals surface area contributed by atoms with Crippen LogP contribution in [0.2, 0.25) is 5.02 Å². The van der Waals surface area contributed by atoms with Gasteiger partial charge >= 0.3 is 0 Å². The van der Waals surface area contributed by atoms with Crippen LogP contribution in [0.4, 0.5) is 5.82 Å². The van der Waals surface area contributed by atoms with Gasteiger partial charge in [0, 0.05) is 31.8 Å². The number of rotatable bonds is 6. The second kappa shape index (κ2) is 6.73. The fourth-order valence-corrected chi connectivity index (χ4v) is 1.45. The zero-order valence-electron chi connectivity index (χ0n) is 11.5. The van der Waals surface area contributed by atoms with Crippen molar-refractivity contribution in [3.05, 3.63) is 23.4 Å². The van der Waals surface area contributed by atoms with Crippen molar-refractivity contribution in [2.24, 2.45) is 5.41 Å². The highest BCUT2D eigenvalue weighted by Crippen LogP contribution is 2.13. The first-order valence-electron chi connectivity index (χ1n) is 6.04. The Labute approximate surface area is 118 Å². The zero-order valence-corrected chi connectivity index (χ0v) is 12.2. The van der Waals surface area contributed by atoms with Crippen molar-refractivity contribution in [2.75, 3.05) is 31.6 Å². The summed E-state index contributed by atoms with van der Waals surface area (Å²) in [6, 6.07) is 3.49. The van der Waals surface area contributed by atoms with E-state index in [1.54, 1.807) is 30.3 Å². The summed E-state index contributed by atoms with van der Waals surface area (Å²) < 4.78 is 0. The maximum Gasteiger partial charge on any atom is 0.239 e. The summed E-state index contributed by atoms with van der Waals surface area (Å²) in [6.45, 7) is 4.44. The molecular weight excluding hydrogens is 266 g/mol. The number of likely N-dealkylation sites (N-methyl/N-ethyl adjacent to an activating group) is 1. The van der Waals surface area contributed by atoms with Crippen LogP contribution in [-0.2, 0) is 4.79 Å². The average Bonchev–Trinajstić information content (AvgIpc) is 2.37. The quantitative estimate of drug-likeness (QED) is 0.827. The Balaban J connectivity index is 2.46. The number of aliphatic hydroxyl groups is 1. The van der Waals surface area contributed by atoms with E-state index < -0.39 is 0 Å². The SMILES string of the molecule is CN(CC(=O)NCC(C)(C)CO)c1ccc(Cl)cn1. The van der Waals surface area contributed by atoms with Crippen molar-refractivity contribution in [3.8, 4) is 0 Å². The molecule has 0 radical (unpaired) electrons. The second-order valence-corrected chi connectivity index (χ2v) is 5.73. The van der Waals surface area contributed by atoms with Crippen molar-refractivity contribution < 1.29 is 9.90 Å². The lowest BCUT2D eigenvalue weighted by Crippen LogP contribution is -2.41. The molecule has 1 rings (SSSR count). The number of halogens is 1. The van der Waals surface area contributed by atoms with E-state index in [0.717, 1.165) is 0 Å². The maximum absolute atomic E-state index is 11.8. The molecule has 5 nitrogen and oxygen atoms in total. The second-order valence-electron chi connectivity index (χ2n) is 5.29. The lowest BCUT2D eigenvalue weighted by atomic mass is 9.95. The molecule has 0 aliphatic carbocycles. The number of hydrogen-bond acceptors (Lipinski definition) is 4. The summed E-state index contributed by atoms with van der Waals surface area (Å²) >= 11 is 5.75. The van der Waals surface area contributed by atoms with Gasteiger partial charge < -0.3 is 15.3 Å². The highest BCUT2D eigenvalue weighted by molar-refractivity contribution is 6.30. The zero-order chi connectivity index (χ0) is 14.5. The molecule has 2 N–H and O–H groups in total. The van der Waals surface area contributed by atoms with Crippen LogP contribution in [-0.4, -0.2) is 42.7 Å². The molecule has 0 fully saturated rings. The largest absolute Gasteiger partial charge is 0.396 e. The third-order valence-corrected chi connectivity index (χ3v) is 2.90. The summed E-state index contributed by atoms with van der Waals surface area (Å²) in [4.78, 5) is 17.6. The molecule has 0 unspecified atom stereocenters. The normalized spacial score (nSPS) is 11.2. The molecular formula is C13H20ClN3O2. The van der Waals surface area contributed by atoms with Gasteiger partial charge in [-0.1, -0.05) is 25.4 Å². The van der Waals surface area contributed by atoms with Crippen LogP contribution in [0.1, 0.15) is 13.8 Å². The number of nitrogens with one attached hydrogen (secondary N) is 1. The summed E-state index contributed by atoms with van der Waals surface area (Å²) in [7, 11) is 1.78. The van der Waals surface area contributed by atoms with Gasteiger partial charge in [-0.25, -0.2) is 4.98 Å². The predicted octanol–water partition coefficient (Wildman–Crippen LogP) is 1.31. The molecule has 1 aromatic heterocycles. The molecule has 0 aliphatic heterocycles. The topological polar surface area (TPSA) is 65.5 Å². The molecule has 1 amide bonds. The molecule has 0 aromatic carbocycles. The molecule has 106 valence electrons. The number of anilines is 1. The highest BCUT2D eigenvalue weighted by Gasteiger charge is 2.18. The third-order valence-electron chi connectivity index (χ3n) is 2.68. The standard InChI is InChI=1S/C13H20ClN3O2/c1-13(2,9-18)8-16-12(19)7-17(3)11-5-4-10(14)6-15-11/h4-6,18H,7-9H2,1-3H3,(H,16,19). The van der Waals surface area contributed by atoms with Gasteiger partial charge in [0.15, 0.2) is 0 Å². The molecule has 0 atom stereocenters. The van der Waals surface area contributed by atoms with Crippen molar-refractivity contribution in [1.82, 2.24) is 10.3 Å². The Hall–Kier alpha value is -1.33. The van der Waals surface area contributed by atoms with E-state index in [9.17, 15) is 4.79 Å². The van der Waals surface area contributed by atoms with Gasteiger partial charge in [0.25, 0.3) is 0 Å². The molecule has 0 aliphatic rings. The van der Waals surface area contributed by atoms with E-state index in [1.165, 1.54) is 0 Å². The maximum atomic E-state index is 11.8. The number of aliphatic hydroxyl groups excluding tert-OH is 1. The van der Waals surface area contributed by atoms with E-state index in [4.69, 9.17) is 16.7 Å². The third kappa shape index (κ3) is 5.44. The minimum atomic E-state index is -0.313. The highest BCUT2D eigenvalue weighted by atomic mass is 35.5. The van der Waals surface area contributed by atoms with Crippen molar-refractivity contribution in [1.29, 1.82) is 0 Å². The van der Waals surface area contributed by atoms with Crippen LogP contribution in [0.15, 0.2) is 18.3 Å². The van der Waals surface area contributed by atoms with E-state index in [2.05, 4.69) is 10.3 Å². The van der Waals surface area contributed by atoms with Gasteiger partial charge in [-0.15, -0.1) is 0 Å². The van der Waals surface area contributed by atoms with Crippen molar-refractivity contribution in [3.63, 3.8) is 0 Å². The Bertz CT molecular complexity index is 420. The number of amides is 1. The number of hydrogen-bond donors (Lipinski definition) is 2. The van der Waals surface area contributed by atoms with Crippen LogP contribution < -0.4 is 10.2 Å². The summed E-state index contributed by atoms with van der Waals surface area (Å²) in [5, 5.41) is 12.5. The van der Waals surface area contributed by atoms with Gasteiger partial charge in [-0.2, -0.15) is 0 Å². The Morgan fingerprint density at radius 3 is 2.74 bits per heavy atom. The van der Waals surface area contributed by atoms with E-state index in [-0.39, 0.29) is 24.5 Å². The minimum absolute atomic E-state index is 0.0296. The number of carbonyl (C=O) groups excluding carboxylic acids is 1. The fraction of sp³-hybridized carbons (Fsp3) is 0.538. The summed E-state index contributed by atoms with van der Waals surface area (Å²) in [5.74, 6) is 0.571. The first-order valence-corrected chi connectivity index (χ1v) is 6.42. The van der Waals surface area contributed by atoms with Crippen LogP contribution in [0.3, 0.4) is 0 Å². The molecule has 6 heteroatoms. The van der Waals surface area contributed by atoms with Gasteiger partial charge in [0.2, 0.25) is 5.91 Å². The van der Waals surface area contributed by atoms with Gasteiger partial charge in [-0.05, 0) is 12.1 Å². The van der Waals surface area contributed by atoms with Crippen LogP contribution in [0.25, 0.3) is 0 Å². The Morgan fingerprint density at radius 1 is 1.53 bits per heavy atom. The lowest BCUT2D eigenvalue weighted by molar-refractivity contribution is -0.120. The smallest absolute Gasteiger partial charge is 0.239 e. The Morgan fingerprint density at radius 2 is 2.21 bits per heavy atom. The number of carbonyl (C=O) groups is 1. The molecule has 0 spiro atoms. The monoisotopic (exact) mass is 285 g/mol. The predicted molar refractivity (Wildman–Crippen MR) is 76.4 cm³/mol. The molecule has 1 heterocycles. The molecule has 0 bridgehead atoms. The van der Waals surface area contributed by atoms with Crippen LogP contribution >= 0.6 is 11.6 Å². The lowest BCUT2D eigenvalue weighted by Gasteiger charge is -2.23. The summed E-state index contributed by atoms with van der Waals surface area (Å²) in [6.07, 6.45) is 1.54. The van der Waals surface area contributed by atoms with E-state index in [0.29, 0.717) is 17.4 Å². The number of pyridine rings is 1. The Kier molecular flexibility index (Phi) is 5.57. The van der Waals surface area contributed by atoms with Gasteiger partial charge in [0.05, 0.1) is 11.6 Å². The van der Waals surface area contributed by atoms with Gasteiger partial charge in [-0.3, -0.25) is 4.79 Å². The molecule has 0 saturated carbocycles. The van der Waals surface area contributed by atoms with Crippen LogP contribution in [0.5, 0.6) is 0 Å². The van der Waals surface area contributed by atoms with Crippen LogP contribution in [0, 0.1) is 5.41 Å². The summed E-state index contributed by atoms with van der Waals surface area (Å²) in [5.41, 5.74) is -0.313. The first kappa shape index (κ1) is 15.7. The van der Waals surface area contributed by atoms with E-state index >= 15 is 0 Å². The number of aromatic nitrogens is 1. The van der Waals surface area contributed by atoms with Crippen molar-refractivity contribution >= 4 is 23.3 Å². The van der Waals surface area contributed by atoms with E-state index in [1.807, 2.05) is 13.8 Å². The minimum Gasteiger partial charge on any atom is -0.396 e. The van der Waals surface area contributed by atoms with Crippen molar-refractivity contribution in [2.45, 2.75) is 13.8 Å². The molecule has 1 aromatic rings. The molecule has 19 heavy (non-hydrogen) atoms. The number of nitrogens with zero attached hydrogens (tertiary/aromatic N) is 2. The fourth-order valence-electron chi connectivity index (χ4n) is 1.34. The molecule has 0 saturated heterocycles. The first-order chi connectivity index (χ1) is 8.84. The van der Waals surface area contributed by atoms with Gasteiger partial charge in [0.1, 0.15) is 5.82 Å². The average molecular weight is 286 g/mol.